The molecule has 21 heavy (non-hydrogen) atoms. The molecule has 0 fully saturated rings. The first-order chi connectivity index (χ1) is 10.1. The molecule has 0 aliphatic carbocycles. The highest BCUT2D eigenvalue weighted by Gasteiger charge is 2.11. The summed E-state index contributed by atoms with van der Waals surface area (Å²) >= 11 is 15.2. The number of aromatic nitrogens is 6. The zero-order chi connectivity index (χ0) is 14.8. The van der Waals surface area contributed by atoms with Crippen molar-refractivity contribution in [3.8, 4) is 17.7 Å². The van der Waals surface area contributed by atoms with Crippen LogP contribution in [-0.4, -0.2) is 29.7 Å². The molecule has 0 amide bonds. The van der Waals surface area contributed by atoms with Gasteiger partial charge in [-0.05, 0) is 29.8 Å². The lowest BCUT2D eigenvalue weighted by atomic mass is 10.3. The van der Waals surface area contributed by atoms with E-state index in [-0.39, 0.29) is 17.2 Å². The highest BCUT2D eigenvalue weighted by Crippen LogP contribution is 2.30. The summed E-state index contributed by atoms with van der Waals surface area (Å²) in [6.45, 7) is 0. The largest absolute Gasteiger partial charge is 0.423 e. The van der Waals surface area contributed by atoms with Crippen molar-refractivity contribution in [2.75, 3.05) is 0 Å². The standard InChI is InChI=1S/C11H5BrCl2N6O/c12-6-1-2-8(7(13)3-6)21-11-18-9(14)17-10(19-11)20-5-15-4-16-20/h1-5H. The highest BCUT2D eigenvalue weighted by molar-refractivity contribution is 9.10. The second kappa shape index (κ2) is 5.92. The number of nitrogens with zero attached hydrogens (tertiary/aromatic N) is 6. The quantitative estimate of drug-likeness (QED) is 0.685. The normalized spacial score (nSPS) is 10.6. The minimum Gasteiger partial charge on any atom is -0.423 e. The second-order valence-electron chi connectivity index (χ2n) is 3.70. The molecule has 2 heterocycles. The van der Waals surface area contributed by atoms with Crippen molar-refractivity contribution in [2.45, 2.75) is 0 Å². The first-order valence-electron chi connectivity index (χ1n) is 5.51. The Morgan fingerprint density at radius 2 is 2.00 bits per heavy atom. The monoisotopic (exact) mass is 386 g/mol. The van der Waals surface area contributed by atoms with E-state index < -0.39 is 0 Å². The van der Waals surface area contributed by atoms with Crippen LogP contribution in [0.3, 0.4) is 0 Å². The third kappa shape index (κ3) is 3.29. The van der Waals surface area contributed by atoms with Gasteiger partial charge in [-0.2, -0.15) is 24.7 Å². The van der Waals surface area contributed by atoms with E-state index in [1.54, 1.807) is 18.2 Å². The van der Waals surface area contributed by atoms with Gasteiger partial charge in [0, 0.05) is 4.47 Å². The van der Waals surface area contributed by atoms with E-state index in [4.69, 9.17) is 27.9 Å². The smallest absolute Gasteiger partial charge is 0.328 e. The van der Waals surface area contributed by atoms with Gasteiger partial charge in [0.05, 0.1) is 5.02 Å². The zero-order valence-electron chi connectivity index (χ0n) is 10.1. The van der Waals surface area contributed by atoms with Gasteiger partial charge in [0.25, 0.3) is 5.95 Å². The fraction of sp³-hybridized carbons (Fsp3) is 0. The summed E-state index contributed by atoms with van der Waals surface area (Å²) in [6, 6.07) is 5.16. The molecule has 106 valence electrons. The molecule has 0 saturated heterocycles. The predicted molar refractivity (Wildman–Crippen MR) is 79.0 cm³/mol. The minimum atomic E-state index is -0.0289. The number of benzene rings is 1. The van der Waals surface area contributed by atoms with Crippen LogP contribution in [0.1, 0.15) is 0 Å². The van der Waals surface area contributed by atoms with Gasteiger partial charge in [0.1, 0.15) is 18.4 Å². The Kier molecular flexibility index (Phi) is 4.00. The Labute approximate surface area is 137 Å². The van der Waals surface area contributed by atoms with E-state index in [1.807, 2.05) is 0 Å². The Balaban J connectivity index is 1.95. The summed E-state index contributed by atoms with van der Waals surface area (Å²) in [5, 5.41) is 4.29. The average Bonchev–Trinajstić information content (AvgIpc) is 2.95. The van der Waals surface area contributed by atoms with E-state index in [0.29, 0.717) is 10.8 Å². The van der Waals surface area contributed by atoms with Crippen LogP contribution in [0.5, 0.6) is 11.8 Å². The lowest BCUT2D eigenvalue weighted by Crippen LogP contribution is -2.05. The molecule has 10 heteroatoms. The van der Waals surface area contributed by atoms with Crippen molar-refractivity contribution < 1.29 is 4.74 Å². The van der Waals surface area contributed by atoms with Crippen molar-refractivity contribution in [1.82, 2.24) is 29.7 Å². The second-order valence-corrected chi connectivity index (χ2v) is 5.36. The van der Waals surface area contributed by atoms with E-state index in [2.05, 4.69) is 41.0 Å². The van der Waals surface area contributed by atoms with E-state index in [9.17, 15) is 0 Å². The minimum absolute atomic E-state index is 0.00437. The predicted octanol–water partition coefficient (Wildman–Crippen LogP) is 3.31. The van der Waals surface area contributed by atoms with Crippen molar-refractivity contribution >= 4 is 39.1 Å². The maximum atomic E-state index is 6.07. The molecule has 0 atom stereocenters. The fourth-order valence-electron chi connectivity index (χ4n) is 1.44. The number of rotatable bonds is 3. The summed E-state index contributed by atoms with van der Waals surface area (Å²) in [4.78, 5) is 15.7. The van der Waals surface area contributed by atoms with Crippen molar-refractivity contribution in [2.24, 2.45) is 0 Å². The molecule has 3 aromatic rings. The zero-order valence-corrected chi connectivity index (χ0v) is 13.2. The van der Waals surface area contributed by atoms with Crippen LogP contribution < -0.4 is 4.74 Å². The van der Waals surface area contributed by atoms with Crippen LogP contribution in [0.4, 0.5) is 0 Å². The summed E-state index contributed by atoms with van der Waals surface area (Å²) in [7, 11) is 0. The first-order valence-corrected chi connectivity index (χ1v) is 7.06. The SMILES string of the molecule is Clc1nc(Oc2ccc(Br)cc2Cl)nc(-n2cncn2)n1. The highest BCUT2D eigenvalue weighted by atomic mass is 79.9. The molecule has 0 spiro atoms. The van der Waals surface area contributed by atoms with Gasteiger partial charge in [-0.3, -0.25) is 0 Å². The molecule has 7 nitrogen and oxygen atoms in total. The fourth-order valence-corrected chi connectivity index (χ4v) is 2.30. The van der Waals surface area contributed by atoms with Gasteiger partial charge in [0.2, 0.25) is 5.28 Å². The van der Waals surface area contributed by atoms with Gasteiger partial charge in [-0.25, -0.2) is 4.98 Å². The number of hydrogen-bond acceptors (Lipinski definition) is 6. The van der Waals surface area contributed by atoms with Crippen molar-refractivity contribution in [1.29, 1.82) is 0 Å². The molecular formula is C11H5BrCl2N6O. The summed E-state index contributed by atoms with van der Waals surface area (Å²) < 4.78 is 7.69. The van der Waals surface area contributed by atoms with Crippen LogP contribution in [0.2, 0.25) is 10.3 Å². The molecule has 1 aromatic carbocycles. The summed E-state index contributed by atoms with van der Waals surface area (Å²) in [5.74, 6) is 0.586. The number of halogens is 3. The topological polar surface area (TPSA) is 78.6 Å². The molecule has 0 bridgehead atoms. The van der Waals surface area contributed by atoms with Gasteiger partial charge >= 0.3 is 6.01 Å². The van der Waals surface area contributed by atoms with Gasteiger partial charge in [-0.1, -0.05) is 27.5 Å². The molecule has 0 aliphatic heterocycles. The summed E-state index contributed by atoms with van der Waals surface area (Å²) in [5.41, 5.74) is 0. The number of hydrogen-bond donors (Lipinski definition) is 0. The summed E-state index contributed by atoms with van der Waals surface area (Å²) in [6.07, 6.45) is 2.78. The average molecular weight is 388 g/mol. The van der Waals surface area contributed by atoms with Gasteiger partial charge in [0.15, 0.2) is 0 Å². The Hall–Kier alpha value is -1.77. The van der Waals surface area contributed by atoms with Crippen LogP contribution in [0.25, 0.3) is 5.95 Å². The van der Waals surface area contributed by atoms with E-state index in [1.165, 1.54) is 17.3 Å². The molecule has 0 saturated carbocycles. The number of ether oxygens (including phenoxy) is 1. The molecule has 0 aliphatic rings. The van der Waals surface area contributed by atoms with Crippen LogP contribution in [0.15, 0.2) is 35.3 Å². The maximum Gasteiger partial charge on any atom is 0.328 e. The molecule has 0 radical (unpaired) electrons. The molecule has 3 rings (SSSR count). The Morgan fingerprint density at radius 3 is 2.71 bits per heavy atom. The molecule has 0 unspecified atom stereocenters. The van der Waals surface area contributed by atoms with Crippen LogP contribution in [0, 0.1) is 0 Å². The Bertz CT molecular complexity index is 782. The van der Waals surface area contributed by atoms with Gasteiger partial charge in [-0.15, -0.1) is 0 Å². The Morgan fingerprint density at radius 1 is 1.14 bits per heavy atom. The third-order valence-corrected chi connectivity index (χ3v) is 3.25. The van der Waals surface area contributed by atoms with Crippen LogP contribution in [-0.2, 0) is 0 Å². The lowest BCUT2D eigenvalue weighted by Gasteiger charge is -2.07. The third-order valence-electron chi connectivity index (χ3n) is 2.29. The van der Waals surface area contributed by atoms with Crippen molar-refractivity contribution in [3.63, 3.8) is 0 Å². The van der Waals surface area contributed by atoms with E-state index >= 15 is 0 Å². The van der Waals surface area contributed by atoms with E-state index in [0.717, 1.165) is 4.47 Å². The molecular weight excluding hydrogens is 383 g/mol. The molecule has 0 N–H and O–H groups in total. The maximum absolute atomic E-state index is 6.07. The first kappa shape index (κ1) is 14.2. The van der Waals surface area contributed by atoms with Crippen molar-refractivity contribution in [3.05, 3.63) is 45.6 Å². The lowest BCUT2D eigenvalue weighted by molar-refractivity contribution is 0.437. The van der Waals surface area contributed by atoms with Crippen LogP contribution >= 0.6 is 39.1 Å². The molecule has 2 aromatic heterocycles. The van der Waals surface area contributed by atoms with Gasteiger partial charge < -0.3 is 4.74 Å².